The normalized spacial score (nSPS) is 13.4. The standard InChI is InChI=1S/C8H13N3OS/c1-6-7(13-10-9-6)5-11(12)8(2,3)4/h5H,1-4H3/b11-5-. The fourth-order valence-corrected chi connectivity index (χ4v) is 1.23. The van der Waals surface area contributed by atoms with E-state index in [-0.39, 0.29) is 0 Å². The molecule has 0 aliphatic rings. The Morgan fingerprint density at radius 3 is 2.46 bits per heavy atom. The zero-order valence-electron chi connectivity index (χ0n) is 8.24. The molecule has 0 bridgehead atoms. The highest BCUT2D eigenvalue weighted by Crippen LogP contribution is 2.09. The van der Waals surface area contributed by atoms with Crippen LogP contribution in [0.2, 0.25) is 0 Å². The molecule has 1 aromatic heterocycles. The second kappa shape index (κ2) is 3.41. The van der Waals surface area contributed by atoms with Gasteiger partial charge in [-0.05, 0) is 18.5 Å². The van der Waals surface area contributed by atoms with Gasteiger partial charge in [0.2, 0.25) is 0 Å². The lowest BCUT2D eigenvalue weighted by Crippen LogP contribution is -2.29. The molecule has 72 valence electrons. The largest absolute Gasteiger partial charge is 0.623 e. The maximum Gasteiger partial charge on any atom is 0.195 e. The number of rotatable bonds is 1. The van der Waals surface area contributed by atoms with Gasteiger partial charge in [0.05, 0.1) is 5.69 Å². The van der Waals surface area contributed by atoms with Crippen molar-refractivity contribution in [1.82, 2.24) is 9.59 Å². The highest BCUT2D eigenvalue weighted by Gasteiger charge is 2.19. The first-order valence-electron chi connectivity index (χ1n) is 4.01. The number of nitrogens with zero attached hydrogens (tertiary/aromatic N) is 3. The third-order valence-electron chi connectivity index (χ3n) is 1.58. The Hall–Kier alpha value is -0.970. The van der Waals surface area contributed by atoms with Crippen LogP contribution in [-0.2, 0) is 0 Å². The summed E-state index contributed by atoms with van der Waals surface area (Å²) in [5.74, 6) is 0. The third kappa shape index (κ3) is 2.48. The van der Waals surface area contributed by atoms with Crippen LogP contribution in [0.5, 0.6) is 0 Å². The molecule has 1 aromatic rings. The van der Waals surface area contributed by atoms with Crippen LogP contribution in [0.25, 0.3) is 0 Å². The number of hydrogen-bond acceptors (Lipinski definition) is 4. The van der Waals surface area contributed by atoms with Crippen LogP contribution in [0.4, 0.5) is 0 Å². The number of aromatic nitrogens is 2. The molecule has 0 aromatic carbocycles. The summed E-state index contributed by atoms with van der Waals surface area (Å²) < 4.78 is 4.68. The number of aryl methyl sites for hydroxylation is 1. The summed E-state index contributed by atoms with van der Waals surface area (Å²) in [4.78, 5) is 0.824. The molecule has 1 rings (SSSR count). The lowest BCUT2D eigenvalue weighted by atomic mass is 10.1. The fraction of sp³-hybridized carbons (Fsp3) is 0.625. The Bertz CT molecular complexity index is 324. The van der Waals surface area contributed by atoms with E-state index in [1.54, 1.807) is 6.21 Å². The average molecular weight is 199 g/mol. The lowest BCUT2D eigenvalue weighted by Gasteiger charge is -2.18. The molecule has 0 fully saturated rings. The Kier molecular flexibility index (Phi) is 2.66. The van der Waals surface area contributed by atoms with Gasteiger partial charge in [-0.3, -0.25) is 0 Å². The molecule has 0 amide bonds. The molecule has 5 heteroatoms. The summed E-state index contributed by atoms with van der Waals surface area (Å²) in [6.07, 6.45) is 1.54. The van der Waals surface area contributed by atoms with E-state index in [2.05, 4.69) is 9.59 Å². The van der Waals surface area contributed by atoms with Crippen LogP contribution in [0.1, 0.15) is 31.3 Å². The maximum atomic E-state index is 11.5. The van der Waals surface area contributed by atoms with E-state index in [0.29, 0.717) is 0 Å². The van der Waals surface area contributed by atoms with Crippen molar-refractivity contribution >= 4 is 17.7 Å². The first-order valence-corrected chi connectivity index (χ1v) is 4.79. The monoisotopic (exact) mass is 199 g/mol. The zero-order valence-corrected chi connectivity index (χ0v) is 9.05. The fourth-order valence-electron chi connectivity index (χ4n) is 0.658. The molecule has 0 saturated carbocycles. The van der Waals surface area contributed by atoms with E-state index in [0.717, 1.165) is 15.3 Å². The summed E-state index contributed by atoms with van der Waals surface area (Å²) in [5, 5.41) is 15.3. The molecular weight excluding hydrogens is 186 g/mol. The van der Waals surface area contributed by atoms with Crippen LogP contribution < -0.4 is 0 Å². The maximum absolute atomic E-state index is 11.5. The molecule has 0 aliphatic carbocycles. The molecule has 0 atom stereocenters. The molecular formula is C8H13N3OS. The summed E-state index contributed by atoms with van der Waals surface area (Å²) in [7, 11) is 0. The van der Waals surface area contributed by atoms with Crippen molar-refractivity contribution in [2.24, 2.45) is 0 Å². The van der Waals surface area contributed by atoms with Gasteiger partial charge in [0.15, 0.2) is 11.8 Å². The second-order valence-electron chi connectivity index (χ2n) is 3.85. The summed E-state index contributed by atoms with van der Waals surface area (Å²) in [6, 6.07) is 0. The molecule has 0 radical (unpaired) electrons. The molecule has 0 aliphatic heterocycles. The van der Waals surface area contributed by atoms with Gasteiger partial charge in [0.1, 0.15) is 4.88 Å². The summed E-state index contributed by atoms with van der Waals surface area (Å²) in [6.45, 7) is 7.42. The predicted molar refractivity (Wildman–Crippen MR) is 53.2 cm³/mol. The SMILES string of the molecule is Cc1nnsc1/C=[N+](\[O-])C(C)(C)C. The molecule has 1 heterocycles. The Morgan fingerprint density at radius 1 is 1.46 bits per heavy atom. The van der Waals surface area contributed by atoms with Gasteiger partial charge in [0, 0.05) is 20.8 Å². The molecule has 0 unspecified atom stereocenters. The van der Waals surface area contributed by atoms with Gasteiger partial charge in [-0.15, -0.1) is 5.10 Å². The van der Waals surface area contributed by atoms with Crippen molar-refractivity contribution in [2.45, 2.75) is 33.2 Å². The number of hydrogen-bond donors (Lipinski definition) is 0. The van der Waals surface area contributed by atoms with Gasteiger partial charge in [-0.2, -0.15) is 0 Å². The van der Waals surface area contributed by atoms with Crippen LogP contribution in [0, 0.1) is 12.1 Å². The average Bonchev–Trinajstić information content (AvgIpc) is 2.34. The van der Waals surface area contributed by atoms with Crippen LogP contribution >= 0.6 is 11.5 Å². The third-order valence-corrected chi connectivity index (χ3v) is 2.34. The van der Waals surface area contributed by atoms with Crippen molar-refractivity contribution in [1.29, 1.82) is 0 Å². The smallest absolute Gasteiger partial charge is 0.195 e. The van der Waals surface area contributed by atoms with E-state index in [9.17, 15) is 5.21 Å². The molecule has 4 nitrogen and oxygen atoms in total. The first-order chi connectivity index (χ1) is 5.91. The van der Waals surface area contributed by atoms with E-state index >= 15 is 0 Å². The summed E-state index contributed by atoms with van der Waals surface area (Å²) in [5.41, 5.74) is 0.395. The van der Waals surface area contributed by atoms with Crippen molar-refractivity contribution in [3.8, 4) is 0 Å². The van der Waals surface area contributed by atoms with Crippen molar-refractivity contribution in [2.75, 3.05) is 0 Å². The topological polar surface area (TPSA) is 51.8 Å². The second-order valence-corrected chi connectivity index (χ2v) is 4.63. The molecule has 0 N–H and O–H groups in total. The molecule has 0 spiro atoms. The van der Waals surface area contributed by atoms with E-state index in [1.807, 2.05) is 27.7 Å². The Balaban J connectivity index is 2.96. The molecule has 13 heavy (non-hydrogen) atoms. The highest BCUT2D eigenvalue weighted by molar-refractivity contribution is 7.07. The Labute approximate surface area is 81.7 Å². The van der Waals surface area contributed by atoms with E-state index < -0.39 is 5.54 Å². The minimum Gasteiger partial charge on any atom is -0.623 e. The lowest BCUT2D eigenvalue weighted by molar-refractivity contribution is -0.530. The van der Waals surface area contributed by atoms with Crippen LogP contribution in [0.3, 0.4) is 0 Å². The minimum absolute atomic E-state index is 0.406. The van der Waals surface area contributed by atoms with Gasteiger partial charge in [-0.25, -0.2) is 4.74 Å². The van der Waals surface area contributed by atoms with Gasteiger partial charge >= 0.3 is 0 Å². The van der Waals surface area contributed by atoms with E-state index in [1.165, 1.54) is 11.5 Å². The van der Waals surface area contributed by atoms with Gasteiger partial charge in [-0.1, -0.05) is 4.49 Å². The van der Waals surface area contributed by atoms with Crippen LogP contribution in [-0.4, -0.2) is 26.1 Å². The van der Waals surface area contributed by atoms with Gasteiger partial charge < -0.3 is 5.21 Å². The van der Waals surface area contributed by atoms with Gasteiger partial charge in [0.25, 0.3) is 0 Å². The Morgan fingerprint density at radius 2 is 2.08 bits per heavy atom. The number of hydroxylamine groups is 1. The van der Waals surface area contributed by atoms with Crippen molar-refractivity contribution < 1.29 is 4.74 Å². The quantitative estimate of drug-likeness (QED) is 0.298. The predicted octanol–water partition coefficient (Wildman–Crippen LogP) is 1.57. The summed E-state index contributed by atoms with van der Waals surface area (Å²) >= 11 is 1.24. The zero-order chi connectivity index (χ0) is 10.1. The molecule has 0 saturated heterocycles. The first kappa shape index (κ1) is 10.1. The van der Waals surface area contributed by atoms with E-state index in [4.69, 9.17) is 0 Å². The van der Waals surface area contributed by atoms with Crippen LogP contribution in [0.15, 0.2) is 0 Å². The van der Waals surface area contributed by atoms with Crippen molar-refractivity contribution in [3.05, 3.63) is 15.8 Å². The highest BCUT2D eigenvalue weighted by atomic mass is 32.1. The minimum atomic E-state index is -0.406. The van der Waals surface area contributed by atoms with Crippen molar-refractivity contribution in [3.63, 3.8) is 0 Å².